The average Bonchev–Trinajstić information content (AvgIpc) is 2.80. The van der Waals surface area contributed by atoms with Gasteiger partial charge in [0, 0.05) is 33.3 Å². The molecule has 0 aromatic heterocycles. The van der Waals surface area contributed by atoms with Gasteiger partial charge in [-0.2, -0.15) is 5.10 Å². The molecular weight excluding hydrogens is 477 g/mol. The lowest BCUT2D eigenvalue weighted by atomic mass is 10.1. The van der Waals surface area contributed by atoms with Crippen LogP contribution in [0.2, 0.25) is 10.0 Å². The summed E-state index contributed by atoms with van der Waals surface area (Å²) < 4.78 is 12.0. The maximum Gasteiger partial charge on any atom is 0.269 e. The van der Waals surface area contributed by atoms with Gasteiger partial charge in [0.15, 0.2) is 11.5 Å². The number of benzene rings is 3. The molecule has 0 unspecified atom stereocenters. The summed E-state index contributed by atoms with van der Waals surface area (Å²) in [5.41, 5.74) is 5.96. The molecule has 1 N–H and O–H groups in total. The predicted molar refractivity (Wildman–Crippen MR) is 137 cm³/mol. The number of nitrogens with one attached hydrogen (secondary N) is 1. The smallest absolute Gasteiger partial charge is 0.269 e. The summed E-state index contributed by atoms with van der Waals surface area (Å²) in [4.78, 5) is 10.3. The Labute approximate surface area is 207 Å². The van der Waals surface area contributed by atoms with Gasteiger partial charge >= 0.3 is 0 Å². The minimum absolute atomic E-state index is 0.0143. The molecule has 9 heteroatoms. The third-order valence-corrected chi connectivity index (χ3v) is 5.28. The van der Waals surface area contributed by atoms with Crippen LogP contribution in [0.15, 0.2) is 72.4 Å². The van der Waals surface area contributed by atoms with Crippen molar-refractivity contribution >= 4 is 40.8 Å². The van der Waals surface area contributed by atoms with Gasteiger partial charge in [-0.1, -0.05) is 35.3 Å². The molecule has 0 atom stereocenters. The van der Waals surface area contributed by atoms with Crippen molar-refractivity contribution in [2.45, 2.75) is 20.0 Å². The van der Waals surface area contributed by atoms with Crippen LogP contribution in [0, 0.1) is 10.1 Å². The Morgan fingerprint density at radius 1 is 1.09 bits per heavy atom. The zero-order valence-electron chi connectivity index (χ0n) is 18.5. The first-order valence-corrected chi connectivity index (χ1v) is 11.2. The van der Waals surface area contributed by atoms with Gasteiger partial charge in [-0.25, -0.2) is 0 Å². The molecule has 34 heavy (non-hydrogen) atoms. The zero-order chi connectivity index (χ0) is 24.5. The minimum Gasteiger partial charge on any atom is -0.490 e. The highest BCUT2D eigenvalue weighted by atomic mass is 35.5. The van der Waals surface area contributed by atoms with Gasteiger partial charge in [0.1, 0.15) is 6.61 Å². The van der Waals surface area contributed by atoms with E-state index in [1.807, 2.05) is 25.1 Å². The van der Waals surface area contributed by atoms with Crippen molar-refractivity contribution in [2.75, 3.05) is 12.0 Å². The number of non-ortho nitro benzene ring substituents is 1. The van der Waals surface area contributed by atoms with E-state index >= 15 is 0 Å². The van der Waals surface area contributed by atoms with Gasteiger partial charge in [-0.15, -0.1) is 6.58 Å². The summed E-state index contributed by atoms with van der Waals surface area (Å²) in [6.07, 6.45) is 3.97. The van der Waals surface area contributed by atoms with E-state index in [1.54, 1.807) is 36.6 Å². The third-order valence-electron chi connectivity index (χ3n) is 4.69. The fourth-order valence-corrected chi connectivity index (χ4v) is 3.58. The van der Waals surface area contributed by atoms with Crippen molar-refractivity contribution < 1.29 is 14.4 Å². The van der Waals surface area contributed by atoms with E-state index in [1.165, 1.54) is 12.1 Å². The summed E-state index contributed by atoms with van der Waals surface area (Å²) in [7, 11) is 0. The van der Waals surface area contributed by atoms with Crippen LogP contribution >= 0.6 is 23.2 Å². The molecule has 0 saturated heterocycles. The monoisotopic (exact) mass is 499 g/mol. The predicted octanol–water partition coefficient (Wildman–Crippen LogP) is 7.05. The van der Waals surface area contributed by atoms with Crippen LogP contribution in [0.25, 0.3) is 0 Å². The second kappa shape index (κ2) is 12.1. The summed E-state index contributed by atoms with van der Waals surface area (Å²) >= 11 is 12.3. The number of ether oxygens (including phenoxy) is 2. The highest BCUT2D eigenvalue weighted by Gasteiger charge is 2.14. The molecule has 7 nitrogen and oxygen atoms in total. The Hall–Kier alpha value is -3.55. The van der Waals surface area contributed by atoms with Gasteiger partial charge in [-0.05, 0) is 55.3 Å². The number of allylic oxidation sites excluding steroid dienone is 1. The maximum absolute atomic E-state index is 10.8. The topological polar surface area (TPSA) is 86.0 Å². The zero-order valence-corrected chi connectivity index (χ0v) is 20.0. The largest absolute Gasteiger partial charge is 0.490 e. The van der Waals surface area contributed by atoms with E-state index < -0.39 is 4.92 Å². The molecule has 0 amide bonds. The number of halogens is 2. The van der Waals surface area contributed by atoms with Crippen LogP contribution in [0.1, 0.15) is 23.6 Å². The number of hydrazone groups is 1. The standard InChI is InChI=1S/C25H23Cl2N3O4/c1-3-5-18-12-17(15-28-29-21-8-10-22(11-9-21)30(31)32)13-24(33-4-2)25(18)34-16-19-6-7-20(26)14-23(19)27/h3,6-15,29H,1,4-5,16H2,2H3/b28-15+. The fourth-order valence-electron chi connectivity index (χ4n) is 3.12. The number of hydrogen-bond donors (Lipinski definition) is 1. The number of hydrogen-bond acceptors (Lipinski definition) is 6. The van der Waals surface area contributed by atoms with Crippen LogP contribution in [-0.2, 0) is 13.0 Å². The molecule has 0 spiro atoms. The van der Waals surface area contributed by atoms with Crippen molar-refractivity contribution in [2.24, 2.45) is 5.10 Å². The third kappa shape index (κ3) is 6.73. The van der Waals surface area contributed by atoms with Crippen LogP contribution in [0.4, 0.5) is 11.4 Å². The van der Waals surface area contributed by atoms with Crippen molar-refractivity contribution in [3.8, 4) is 11.5 Å². The molecule has 0 aliphatic rings. The van der Waals surface area contributed by atoms with Crippen LogP contribution < -0.4 is 14.9 Å². The molecule has 0 saturated carbocycles. The van der Waals surface area contributed by atoms with Crippen molar-refractivity contribution in [1.82, 2.24) is 0 Å². The molecule has 176 valence electrons. The molecular formula is C25H23Cl2N3O4. The summed E-state index contributed by atoms with van der Waals surface area (Å²) in [6.45, 7) is 6.43. The van der Waals surface area contributed by atoms with Gasteiger partial charge < -0.3 is 9.47 Å². The van der Waals surface area contributed by atoms with Gasteiger partial charge in [0.05, 0.1) is 23.4 Å². The Morgan fingerprint density at radius 3 is 2.50 bits per heavy atom. The van der Waals surface area contributed by atoms with Gasteiger partial charge in [0.25, 0.3) is 5.69 Å². The van der Waals surface area contributed by atoms with E-state index in [4.69, 9.17) is 32.7 Å². The lowest BCUT2D eigenvalue weighted by molar-refractivity contribution is -0.384. The molecule has 3 rings (SSSR count). The number of anilines is 1. The first-order valence-electron chi connectivity index (χ1n) is 10.4. The van der Waals surface area contributed by atoms with E-state index in [0.717, 1.165) is 16.7 Å². The molecule has 3 aromatic rings. The molecule has 0 aliphatic carbocycles. The van der Waals surface area contributed by atoms with Gasteiger partial charge in [-0.3, -0.25) is 15.5 Å². The molecule has 3 aromatic carbocycles. The molecule has 0 heterocycles. The maximum atomic E-state index is 10.8. The SMILES string of the molecule is C=CCc1cc(/C=N/Nc2ccc([N+](=O)[O-])cc2)cc(OCC)c1OCc1ccc(Cl)cc1Cl. The summed E-state index contributed by atoms with van der Waals surface area (Å²) in [5.74, 6) is 1.18. The molecule has 0 radical (unpaired) electrons. The Balaban J connectivity index is 1.82. The summed E-state index contributed by atoms with van der Waals surface area (Å²) in [6, 6.07) is 15.0. The molecule has 0 aliphatic heterocycles. The van der Waals surface area contributed by atoms with Crippen molar-refractivity contribution in [3.63, 3.8) is 0 Å². The van der Waals surface area contributed by atoms with E-state index in [9.17, 15) is 10.1 Å². The Bertz CT molecular complexity index is 1200. The number of nitro groups is 1. The highest BCUT2D eigenvalue weighted by Crippen LogP contribution is 2.35. The van der Waals surface area contributed by atoms with Crippen molar-refractivity contribution in [3.05, 3.63) is 104 Å². The van der Waals surface area contributed by atoms with E-state index in [-0.39, 0.29) is 12.3 Å². The Kier molecular flexibility index (Phi) is 8.90. The lowest BCUT2D eigenvalue weighted by Crippen LogP contribution is -2.04. The lowest BCUT2D eigenvalue weighted by Gasteiger charge is -2.17. The second-order valence-electron chi connectivity index (χ2n) is 7.13. The first-order chi connectivity index (χ1) is 16.4. The molecule has 0 bridgehead atoms. The fraction of sp³-hybridized carbons (Fsp3) is 0.160. The van der Waals surface area contributed by atoms with Crippen LogP contribution in [0.5, 0.6) is 11.5 Å². The molecule has 0 fully saturated rings. The minimum atomic E-state index is -0.450. The highest BCUT2D eigenvalue weighted by molar-refractivity contribution is 6.35. The first kappa shape index (κ1) is 25.1. The number of nitro benzene ring substituents is 1. The second-order valence-corrected chi connectivity index (χ2v) is 7.98. The normalized spacial score (nSPS) is 10.8. The van der Waals surface area contributed by atoms with Crippen molar-refractivity contribution in [1.29, 1.82) is 0 Å². The van der Waals surface area contributed by atoms with Crippen LogP contribution in [-0.4, -0.2) is 17.7 Å². The quantitative estimate of drug-likeness (QED) is 0.132. The van der Waals surface area contributed by atoms with E-state index in [0.29, 0.717) is 40.3 Å². The van der Waals surface area contributed by atoms with Crippen LogP contribution in [0.3, 0.4) is 0 Å². The number of rotatable bonds is 11. The number of nitrogens with zero attached hydrogens (tertiary/aromatic N) is 2. The Morgan fingerprint density at radius 2 is 1.85 bits per heavy atom. The summed E-state index contributed by atoms with van der Waals surface area (Å²) in [5, 5.41) is 16.1. The average molecular weight is 500 g/mol. The van der Waals surface area contributed by atoms with E-state index in [2.05, 4.69) is 17.1 Å². The van der Waals surface area contributed by atoms with Gasteiger partial charge in [0.2, 0.25) is 0 Å².